The lowest BCUT2D eigenvalue weighted by Gasteiger charge is -2.05. The highest BCUT2D eigenvalue weighted by molar-refractivity contribution is 7.17. The summed E-state index contributed by atoms with van der Waals surface area (Å²) < 4.78 is 13.1. The number of aryl methyl sites for hydroxylation is 2. The summed E-state index contributed by atoms with van der Waals surface area (Å²) in [5.41, 5.74) is 4.09. The number of thiazole rings is 2. The number of nitrogens with one attached hydrogen (secondary N) is 1. The number of nitrogens with zero attached hydrogens (tertiary/aromatic N) is 2. The van der Waals surface area contributed by atoms with E-state index >= 15 is 0 Å². The summed E-state index contributed by atoms with van der Waals surface area (Å²) in [6.45, 7) is 3.77. The number of amides is 1. The van der Waals surface area contributed by atoms with E-state index in [1.165, 1.54) is 23.5 Å². The minimum absolute atomic E-state index is 0.208. The molecule has 0 bridgehead atoms. The maximum absolute atomic E-state index is 13.1. The first-order valence-corrected chi connectivity index (χ1v) is 10.3. The molecule has 1 N–H and O–H groups in total. The molecule has 0 aliphatic carbocycles. The van der Waals surface area contributed by atoms with Crippen LogP contribution in [0.1, 0.15) is 20.4 Å². The van der Waals surface area contributed by atoms with Gasteiger partial charge in [0.15, 0.2) is 0 Å². The van der Waals surface area contributed by atoms with Gasteiger partial charge in [-0.05, 0) is 50.2 Å². The lowest BCUT2D eigenvalue weighted by Crippen LogP contribution is -2.11. The predicted molar refractivity (Wildman–Crippen MR) is 112 cm³/mol. The number of carbonyl (C=O) groups excluding carboxylic acids is 1. The van der Waals surface area contributed by atoms with Crippen LogP contribution in [0.15, 0.2) is 53.9 Å². The van der Waals surface area contributed by atoms with Crippen LogP contribution < -0.4 is 5.32 Å². The molecule has 0 atom stereocenters. The van der Waals surface area contributed by atoms with Gasteiger partial charge in [-0.25, -0.2) is 14.4 Å². The Morgan fingerprint density at radius 2 is 1.64 bits per heavy atom. The molecule has 4 nitrogen and oxygen atoms in total. The van der Waals surface area contributed by atoms with Gasteiger partial charge in [-0.3, -0.25) is 4.79 Å². The zero-order valence-electron chi connectivity index (χ0n) is 15.2. The van der Waals surface area contributed by atoms with Crippen LogP contribution in [-0.4, -0.2) is 15.9 Å². The van der Waals surface area contributed by atoms with Crippen molar-refractivity contribution in [3.63, 3.8) is 0 Å². The Morgan fingerprint density at radius 3 is 2.29 bits per heavy atom. The number of aromatic nitrogens is 2. The van der Waals surface area contributed by atoms with Gasteiger partial charge in [0.05, 0.1) is 16.4 Å². The largest absolute Gasteiger partial charge is 0.321 e. The fraction of sp³-hybridized carbons (Fsp3) is 0.0952. The van der Waals surface area contributed by atoms with Crippen LogP contribution in [0.4, 0.5) is 10.1 Å². The van der Waals surface area contributed by atoms with Crippen molar-refractivity contribution in [2.24, 2.45) is 0 Å². The quantitative estimate of drug-likeness (QED) is 0.454. The van der Waals surface area contributed by atoms with Gasteiger partial charge in [0.2, 0.25) is 0 Å². The number of benzene rings is 2. The smallest absolute Gasteiger partial charge is 0.267 e. The van der Waals surface area contributed by atoms with Crippen molar-refractivity contribution in [2.45, 2.75) is 13.8 Å². The van der Waals surface area contributed by atoms with E-state index in [1.54, 1.807) is 30.4 Å². The van der Waals surface area contributed by atoms with Gasteiger partial charge in [-0.1, -0.05) is 12.1 Å². The van der Waals surface area contributed by atoms with Gasteiger partial charge in [0, 0.05) is 22.2 Å². The molecule has 2 heterocycles. The van der Waals surface area contributed by atoms with Crippen LogP contribution in [0, 0.1) is 19.7 Å². The lowest BCUT2D eigenvalue weighted by molar-refractivity contribution is 0.103. The molecule has 2 aromatic heterocycles. The van der Waals surface area contributed by atoms with Gasteiger partial charge >= 0.3 is 0 Å². The summed E-state index contributed by atoms with van der Waals surface area (Å²) >= 11 is 2.90. The van der Waals surface area contributed by atoms with Crippen molar-refractivity contribution >= 4 is 34.3 Å². The molecule has 4 rings (SSSR count). The normalized spacial score (nSPS) is 10.8. The summed E-state index contributed by atoms with van der Waals surface area (Å²) in [5, 5.41) is 6.64. The van der Waals surface area contributed by atoms with Crippen LogP contribution in [0.3, 0.4) is 0 Å². The van der Waals surface area contributed by atoms with Crippen LogP contribution in [0.5, 0.6) is 0 Å². The first-order chi connectivity index (χ1) is 13.5. The Kier molecular flexibility index (Phi) is 5.02. The van der Waals surface area contributed by atoms with Gasteiger partial charge in [-0.2, -0.15) is 0 Å². The van der Waals surface area contributed by atoms with Crippen molar-refractivity contribution in [3.8, 4) is 21.8 Å². The fourth-order valence-electron chi connectivity index (χ4n) is 2.73. The molecule has 7 heteroatoms. The van der Waals surface area contributed by atoms with E-state index in [1.807, 2.05) is 36.6 Å². The molecule has 0 aliphatic heterocycles. The molecule has 2 aromatic carbocycles. The Labute approximate surface area is 169 Å². The minimum Gasteiger partial charge on any atom is -0.321 e. The maximum atomic E-state index is 13.1. The highest BCUT2D eigenvalue weighted by Crippen LogP contribution is 2.29. The van der Waals surface area contributed by atoms with E-state index in [4.69, 9.17) is 0 Å². The number of rotatable bonds is 4. The summed E-state index contributed by atoms with van der Waals surface area (Å²) in [7, 11) is 0. The molecule has 0 unspecified atom stereocenters. The summed E-state index contributed by atoms with van der Waals surface area (Å²) in [6, 6.07) is 13.7. The molecular formula is C21H16FN3OS2. The van der Waals surface area contributed by atoms with Crippen LogP contribution >= 0.6 is 22.7 Å². The Morgan fingerprint density at radius 1 is 0.964 bits per heavy atom. The molecule has 140 valence electrons. The minimum atomic E-state index is -0.300. The van der Waals surface area contributed by atoms with E-state index in [2.05, 4.69) is 15.3 Å². The van der Waals surface area contributed by atoms with Crippen molar-refractivity contribution in [3.05, 3.63) is 75.3 Å². The number of carbonyl (C=O) groups is 1. The van der Waals surface area contributed by atoms with Crippen molar-refractivity contribution in [1.29, 1.82) is 0 Å². The standard InChI is InChI=1S/C21H16FN3OS2/c1-12-19(28-21(23-12)15-3-7-16(22)8-4-15)20(26)25-17-9-5-14(6-10-17)18-11-27-13(2)24-18/h3-11H,1-2H3,(H,25,26). The second-order valence-corrected chi connectivity index (χ2v) is 8.28. The first-order valence-electron chi connectivity index (χ1n) is 8.57. The van der Waals surface area contributed by atoms with E-state index in [0.29, 0.717) is 21.3 Å². The van der Waals surface area contributed by atoms with E-state index in [-0.39, 0.29) is 11.7 Å². The molecule has 0 aliphatic rings. The molecule has 0 fully saturated rings. The molecule has 28 heavy (non-hydrogen) atoms. The molecule has 1 amide bonds. The van der Waals surface area contributed by atoms with Gasteiger partial charge in [0.1, 0.15) is 15.7 Å². The van der Waals surface area contributed by atoms with Gasteiger partial charge in [0.25, 0.3) is 5.91 Å². The molecule has 0 spiro atoms. The van der Waals surface area contributed by atoms with E-state index < -0.39 is 0 Å². The van der Waals surface area contributed by atoms with Crippen molar-refractivity contribution < 1.29 is 9.18 Å². The van der Waals surface area contributed by atoms with Crippen LogP contribution in [0.25, 0.3) is 21.8 Å². The third-order valence-corrected chi connectivity index (χ3v) is 6.13. The Balaban J connectivity index is 1.51. The number of hydrogen-bond donors (Lipinski definition) is 1. The molecule has 0 saturated carbocycles. The lowest BCUT2D eigenvalue weighted by atomic mass is 10.1. The molecule has 0 radical (unpaired) electrons. The predicted octanol–water partition coefficient (Wildman–Crippen LogP) is 5.94. The molecule has 0 saturated heterocycles. The fourth-order valence-corrected chi connectivity index (χ4v) is 4.32. The van der Waals surface area contributed by atoms with Crippen LogP contribution in [0.2, 0.25) is 0 Å². The summed E-state index contributed by atoms with van der Waals surface area (Å²) in [4.78, 5) is 22.1. The first kappa shape index (κ1) is 18.5. The number of hydrogen-bond acceptors (Lipinski definition) is 5. The number of anilines is 1. The average molecular weight is 410 g/mol. The van der Waals surface area contributed by atoms with Gasteiger partial charge in [-0.15, -0.1) is 22.7 Å². The van der Waals surface area contributed by atoms with Crippen molar-refractivity contribution in [1.82, 2.24) is 9.97 Å². The SMILES string of the molecule is Cc1nc(-c2ccc(NC(=O)c3sc(-c4ccc(F)cc4)nc3C)cc2)cs1. The zero-order chi connectivity index (χ0) is 19.7. The summed E-state index contributed by atoms with van der Waals surface area (Å²) in [6.07, 6.45) is 0. The second kappa shape index (κ2) is 7.61. The maximum Gasteiger partial charge on any atom is 0.267 e. The van der Waals surface area contributed by atoms with Gasteiger partial charge < -0.3 is 5.32 Å². The second-order valence-electron chi connectivity index (χ2n) is 6.22. The highest BCUT2D eigenvalue weighted by Gasteiger charge is 2.16. The Bertz CT molecular complexity index is 1130. The third-order valence-electron chi connectivity index (χ3n) is 4.15. The average Bonchev–Trinajstić information content (AvgIpc) is 3.29. The molecule has 4 aromatic rings. The highest BCUT2D eigenvalue weighted by atomic mass is 32.1. The third kappa shape index (κ3) is 3.85. The Hall–Kier alpha value is -2.90. The monoisotopic (exact) mass is 409 g/mol. The van der Waals surface area contributed by atoms with E-state index in [0.717, 1.165) is 21.8 Å². The topological polar surface area (TPSA) is 54.9 Å². The van der Waals surface area contributed by atoms with E-state index in [9.17, 15) is 9.18 Å². The molecular weight excluding hydrogens is 393 g/mol. The number of halogens is 1. The zero-order valence-corrected chi connectivity index (χ0v) is 16.8. The van der Waals surface area contributed by atoms with Crippen molar-refractivity contribution in [2.75, 3.05) is 5.32 Å². The van der Waals surface area contributed by atoms with Crippen LogP contribution in [-0.2, 0) is 0 Å². The summed E-state index contributed by atoms with van der Waals surface area (Å²) in [5.74, 6) is -0.508.